The third kappa shape index (κ3) is 4.43. The van der Waals surface area contributed by atoms with E-state index in [1.807, 2.05) is 36.0 Å². The van der Waals surface area contributed by atoms with Crippen molar-refractivity contribution < 1.29 is 9.53 Å². The first kappa shape index (κ1) is 14.1. The molecule has 94 valence electrons. The lowest BCUT2D eigenvalue weighted by molar-refractivity contribution is 0.0600. The van der Waals surface area contributed by atoms with Crippen LogP contribution < -0.4 is 0 Å². The molecule has 0 saturated carbocycles. The molecular formula is C14H20O2S. The van der Waals surface area contributed by atoms with Gasteiger partial charge in [-0.3, -0.25) is 0 Å². The van der Waals surface area contributed by atoms with Crippen molar-refractivity contribution in [2.24, 2.45) is 5.92 Å². The molecule has 0 aliphatic rings. The molecule has 17 heavy (non-hydrogen) atoms. The van der Waals surface area contributed by atoms with Crippen molar-refractivity contribution >= 4 is 17.7 Å². The summed E-state index contributed by atoms with van der Waals surface area (Å²) >= 11 is 1.85. The van der Waals surface area contributed by atoms with Gasteiger partial charge in [0, 0.05) is 10.6 Å². The molecule has 0 radical (unpaired) electrons. The van der Waals surface area contributed by atoms with E-state index in [1.54, 1.807) is 0 Å². The van der Waals surface area contributed by atoms with Crippen molar-refractivity contribution in [3.8, 4) is 0 Å². The van der Waals surface area contributed by atoms with E-state index in [4.69, 9.17) is 0 Å². The Morgan fingerprint density at radius 3 is 2.29 bits per heavy atom. The van der Waals surface area contributed by atoms with E-state index in [2.05, 4.69) is 18.6 Å². The quantitative estimate of drug-likeness (QED) is 0.565. The summed E-state index contributed by atoms with van der Waals surface area (Å²) in [6.07, 6.45) is 2.45. The van der Waals surface area contributed by atoms with E-state index in [1.165, 1.54) is 24.8 Å². The van der Waals surface area contributed by atoms with Gasteiger partial charge >= 0.3 is 5.97 Å². The van der Waals surface area contributed by atoms with Crippen molar-refractivity contribution in [3.05, 3.63) is 29.8 Å². The molecule has 0 aromatic heterocycles. The second-order valence-corrected chi connectivity index (χ2v) is 5.10. The van der Waals surface area contributed by atoms with E-state index in [0.29, 0.717) is 5.56 Å². The summed E-state index contributed by atoms with van der Waals surface area (Å²) in [5.74, 6) is 1.65. The number of carbonyl (C=O) groups is 1. The molecule has 0 aliphatic heterocycles. The highest BCUT2D eigenvalue weighted by Crippen LogP contribution is 2.24. The average Bonchev–Trinajstić information content (AvgIpc) is 2.39. The van der Waals surface area contributed by atoms with Crippen molar-refractivity contribution in [2.45, 2.75) is 31.6 Å². The summed E-state index contributed by atoms with van der Waals surface area (Å²) in [5.41, 5.74) is 0.611. The standard InChI is InChI=1S/C14H20O2S/c1-4-11(5-2)10-17-13-8-6-12(7-9-13)14(15)16-3/h6-9,11H,4-5,10H2,1-3H3. The van der Waals surface area contributed by atoms with Gasteiger partial charge in [-0.15, -0.1) is 11.8 Å². The molecule has 1 rings (SSSR count). The second kappa shape index (κ2) is 7.38. The van der Waals surface area contributed by atoms with Crippen LogP contribution in [-0.4, -0.2) is 18.8 Å². The summed E-state index contributed by atoms with van der Waals surface area (Å²) in [7, 11) is 1.40. The predicted octanol–water partition coefficient (Wildman–Crippen LogP) is 4.00. The first-order valence-electron chi connectivity index (χ1n) is 6.02. The highest BCUT2D eigenvalue weighted by molar-refractivity contribution is 7.99. The van der Waals surface area contributed by atoms with Crippen LogP contribution in [0.5, 0.6) is 0 Å². The lowest BCUT2D eigenvalue weighted by Gasteiger charge is -2.11. The van der Waals surface area contributed by atoms with Gasteiger partial charge < -0.3 is 4.74 Å². The maximum Gasteiger partial charge on any atom is 0.337 e. The van der Waals surface area contributed by atoms with Crippen LogP contribution in [0.25, 0.3) is 0 Å². The third-order valence-electron chi connectivity index (χ3n) is 2.92. The molecule has 0 heterocycles. The summed E-state index contributed by atoms with van der Waals surface area (Å²) in [6, 6.07) is 7.61. The molecule has 0 saturated heterocycles. The van der Waals surface area contributed by atoms with Crippen molar-refractivity contribution in [1.29, 1.82) is 0 Å². The van der Waals surface area contributed by atoms with Crippen LogP contribution in [0.1, 0.15) is 37.0 Å². The van der Waals surface area contributed by atoms with E-state index in [-0.39, 0.29) is 5.97 Å². The van der Waals surface area contributed by atoms with Gasteiger partial charge in [0.25, 0.3) is 0 Å². The van der Waals surface area contributed by atoms with Crippen LogP contribution in [0.3, 0.4) is 0 Å². The zero-order chi connectivity index (χ0) is 12.7. The van der Waals surface area contributed by atoms with E-state index >= 15 is 0 Å². The Morgan fingerprint density at radius 2 is 1.82 bits per heavy atom. The number of carbonyl (C=O) groups excluding carboxylic acids is 1. The first-order chi connectivity index (χ1) is 8.21. The molecule has 1 aromatic carbocycles. The zero-order valence-corrected chi connectivity index (χ0v) is 11.5. The molecule has 0 N–H and O–H groups in total. The Morgan fingerprint density at radius 1 is 1.24 bits per heavy atom. The average molecular weight is 252 g/mol. The number of hydrogen-bond donors (Lipinski definition) is 0. The monoisotopic (exact) mass is 252 g/mol. The van der Waals surface area contributed by atoms with Gasteiger partial charge in [0.15, 0.2) is 0 Å². The van der Waals surface area contributed by atoms with Crippen molar-refractivity contribution in [3.63, 3.8) is 0 Å². The number of ether oxygens (including phenoxy) is 1. The fourth-order valence-electron chi connectivity index (χ4n) is 1.54. The van der Waals surface area contributed by atoms with Crippen LogP contribution in [0, 0.1) is 5.92 Å². The zero-order valence-electron chi connectivity index (χ0n) is 10.7. The molecule has 1 aromatic rings. The van der Waals surface area contributed by atoms with Gasteiger partial charge in [0.2, 0.25) is 0 Å². The minimum absolute atomic E-state index is 0.276. The minimum Gasteiger partial charge on any atom is -0.465 e. The Bertz CT molecular complexity index is 342. The summed E-state index contributed by atoms with van der Waals surface area (Å²) in [4.78, 5) is 12.5. The molecule has 0 atom stereocenters. The highest BCUT2D eigenvalue weighted by Gasteiger charge is 2.06. The topological polar surface area (TPSA) is 26.3 Å². The van der Waals surface area contributed by atoms with E-state index in [0.717, 1.165) is 11.7 Å². The SMILES string of the molecule is CCC(CC)CSc1ccc(C(=O)OC)cc1. The number of hydrogen-bond acceptors (Lipinski definition) is 3. The van der Waals surface area contributed by atoms with Gasteiger partial charge in [-0.05, 0) is 30.2 Å². The normalized spacial score (nSPS) is 10.6. The second-order valence-electron chi connectivity index (χ2n) is 4.01. The maximum atomic E-state index is 11.3. The smallest absolute Gasteiger partial charge is 0.337 e. The Balaban J connectivity index is 2.53. The van der Waals surface area contributed by atoms with Gasteiger partial charge in [-0.2, -0.15) is 0 Å². The number of methoxy groups -OCH3 is 1. The van der Waals surface area contributed by atoms with Crippen LogP contribution >= 0.6 is 11.8 Å². The van der Waals surface area contributed by atoms with Gasteiger partial charge in [0.1, 0.15) is 0 Å². The predicted molar refractivity (Wildman–Crippen MR) is 72.6 cm³/mol. The minimum atomic E-state index is -0.276. The molecule has 0 spiro atoms. The molecule has 3 heteroatoms. The van der Waals surface area contributed by atoms with Crippen LogP contribution in [0.2, 0.25) is 0 Å². The lowest BCUT2D eigenvalue weighted by Crippen LogP contribution is -2.01. The molecule has 0 amide bonds. The molecule has 0 bridgehead atoms. The fourth-order valence-corrected chi connectivity index (χ4v) is 2.77. The molecule has 0 unspecified atom stereocenters. The number of esters is 1. The highest BCUT2D eigenvalue weighted by atomic mass is 32.2. The van der Waals surface area contributed by atoms with Crippen LogP contribution in [-0.2, 0) is 4.74 Å². The lowest BCUT2D eigenvalue weighted by atomic mass is 10.1. The Kier molecular flexibility index (Phi) is 6.12. The Hall–Kier alpha value is -0.960. The van der Waals surface area contributed by atoms with Crippen LogP contribution in [0.15, 0.2) is 29.2 Å². The number of rotatable bonds is 6. The van der Waals surface area contributed by atoms with E-state index in [9.17, 15) is 4.79 Å². The van der Waals surface area contributed by atoms with Crippen molar-refractivity contribution in [1.82, 2.24) is 0 Å². The molecular weight excluding hydrogens is 232 g/mol. The Labute approximate surface area is 108 Å². The fraction of sp³-hybridized carbons (Fsp3) is 0.500. The summed E-state index contributed by atoms with van der Waals surface area (Å²) in [5, 5.41) is 0. The summed E-state index contributed by atoms with van der Waals surface area (Å²) < 4.78 is 4.66. The molecule has 0 aliphatic carbocycles. The molecule has 0 fully saturated rings. The van der Waals surface area contributed by atoms with Gasteiger partial charge in [-0.1, -0.05) is 26.7 Å². The van der Waals surface area contributed by atoms with Crippen LogP contribution in [0.4, 0.5) is 0 Å². The van der Waals surface area contributed by atoms with Gasteiger partial charge in [-0.25, -0.2) is 4.79 Å². The van der Waals surface area contributed by atoms with E-state index < -0.39 is 0 Å². The largest absolute Gasteiger partial charge is 0.465 e. The third-order valence-corrected chi connectivity index (χ3v) is 4.16. The first-order valence-corrected chi connectivity index (χ1v) is 7.01. The number of benzene rings is 1. The number of thioether (sulfide) groups is 1. The summed E-state index contributed by atoms with van der Waals surface area (Å²) in [6.45, 7) is 4.46. The maximum absolute atomic E-state index is 11.3. The van der Waals surface area contributed by atoms with Crippen molar-refractivity contribution in [2.75, 3.05) is 12.9 Å². The van der Waals surface area contributed by atoms with Gasteiger partial charge in [0.05, 0.1) is 12.7 Å². The molecule has 2 nitrogen and oxygen atoms in total.